The van der Waals surface area contributed by atoms with E-state index >= 15 is 0 Å². The zero-order chi connectivity index (χ0) is 21.4. The van der Waals surface area contributed by atoms with Crippen molar-refractivity contribution in [3.63, 3.8) is 0 Å². The first-order valence-corrected chi connectivity index (χ1v) is 12.0. The molecule has 0 radical (unpaired) electrons. The van der Waals surface area contributed by atoms with Gasteiger partial charge in [0.2, 0.25) is 5.95 Å². The first-order chi connectivity index (χ1) is 15.1. The fourth-order valence-electron chi connectivity index (χ4n) is 6.08. The summed E-state index contributed by atoms with van der Waals surface area (Å²) in [6.07, 6.45) is 9.90. The van der Waals surface area contributed by atoms with Crippen LogP contribution in [0.15, 0.2) is 12.4 Å². The van der Waals surface area contributed by atoms with Gasteiger partial charge in [-0.25, -0.2) is 9.97 Å². The third kappa shape index (κ3) is 4.43. The number of carbonyl (C=O) groups excluding carboxylic acids is 1. The Kier molecular flexibility index (Phi) is 6.12. The molecule has 3 heterocycles. The Morgan fingerprint density at radius 2 is 1.45 bits per heavy atom. The minimum absolute atomic E-state index is 0.0490. The maximum atomic E-state index is 13.0. The molecule has 31 heavy (non-hydrogen) atoms. The fraction of sp³-hybridized carbons (Fsp3) is 0.783. The third-order valence-electron chi connectivity index (χ3n) is 7.97. The van der Waals surface area contributed by atoms with Crippen molar-refractivity contribution in [1.29, 1.82) is 0 Å². The predicted octanol–water partition coefficient (Wildman–Crippen LogP) is 1.14. The summed E-state index contributed by atoms with van der Waals surface area (Å²) in [6, 6.07) is 0.753. The molecule has 8 nitrogen and oxygen atoms in total. The molecule has 0 bridgehead atoms. The van der Waals surface area contributed by atoms with Gasteiger partial charge in [0.05, 0.1) is 17.8 Å². The van der Waals surface area contributed by atoms with Crippen LogP contribution in [0, 0.1) is 11.8 Å². The number of carbonyl (C=O) groups is 1. The van der Waals surface area contributed by atoms with Gasteiger partial charge in [-0.2, -0.15) is 0 Å². The first kappa shape index (κ1) is 21.1. The molecule has 4 unspecified atom stereocenters. The Hall–Kier alpha value is -1.77. The summed E-state index contributed by atoms with van der Waals surface area (Å²) >= 11 is 0. The van der Waals surface area contributed by atoms with Crippen LogP contribution in [0.3, 0.4) is 0 Å². The second-order valence-corrected chi connectivity index (χ2v) is 9.92. The quantitative estimate of drug-likeness (QED) is 0.744. The van der Waals surface area contributed by atoms with Gasteiger partial charge in [-0.1, -0.05) is 19.3 Å². The summed E-state index contributed by atoms with van der Waals surface area (Å²) in [5.41, 5.74) is 0.518. The van der Waals surface area contributed by atoms with Crippen LogP contribution < -0.4 is 4.90 Å². The number of aliphatic hydroxyl groups excluding tert-OH is 2. The number of amides is 1. The molecule has 5 rings (SSSR count). The number of aromatic nitrogens is 2. The molecular formula is C23H35N5O3. The van der Waals surface area contributed by atoms with Crippen molar-refractivity contribution in [2.75, 3.05) is 44.2 Å². The van der Waals surface area contributed by atoms with E-state index in [0.29, 0.717) is 37.4 Å². The summed E-state index contributed by atoms with van der Waals surface area (Å²) in [5.74, 6) is 1.19. The number of hydrogen-bond acceptors (Lipinski definition) is 7. The summed E-state index contributed by atoms with van der Waals surface area (Å²) in [5, 5.41) is 19.9. The highest BCUT2D eigenvalue weighted by Crippen LogP contribution is 2.37. The molecule has 4 aliphatic rings. The highest BCUT2D eigenvalue weighted by molar-refractivity contribution is 5.94. The molecule has 0 aromatic carbocycles. The average Bonchev–Trinajstić information content (AvgIpc) is 3.22. The van der Waals surface area contributed by atoms with E-state index in [1.54, 1.807) is 12.4 Å². The predicted molar refractivity (Wildman–Crippen MR) is 117 cm³/mol. The van der Waals surface area contributed by atoms with E-state index in [-0.39, 0.29) is 17.7 Å². The molecule has 2 aliphatic heterocycles. The highest BCUT2D eigenvalue weighted by Gasteiger charge is 2.42. The highest BCUT2D eigenvalue weighted by atomic mass is 16.3. The number of anilines is 1. The second kappa shape index (κ2) is 9.00. The first-order valence-electron chi connectivity index (χ1n) is 12.0. The van der Waals surface area contributed by atoms with Gasteiger partial charge in [0.1, 0.15) is 0 Å². The Morgan fingerprint density at radius 3 is 2.03 bits per heavy atom. The van der Waals surface area contributed by atoms with E-state index in [1.807, 2.05) is 4.90 Å². The molecule has 2 aliphatic carbocycles. The van der Waals surface area contributed by atoms with Crippen molar-refractivity contribution in [3.8, 4) is 0 Å². The molecule has 4 atom stereocenters. The van der Waals surface area contributed by atoms with Crippen LogP contribution in [0.2, 0.25) is 0 Å². The van der Waals surface area contributed by atoms with Crippen molar-refractivity contribution in [1.82, 2.24) is 19.8 Å². The van der Waals surface area contributed by atoms with Crippen molar-refractivity contribution in [2.24, 2.45) is 11.8 Å². The Labute approximate surface area is 184 Å². The Morgan fingerprint density at radius 1 is 0.871 bits per heavy atom. The number of aliphatic hydroxyl groups is 2. The summed E-state index contributed by atoms with van der Waals surface area (Å²) < 4.78 is 0. The lowest BCUT2D eigenvalue weighted by atomic mass is 9.79. The molecule has 2 N–H and O–H groups in total. The number of fused-ring (bicyclic) bond motifs is 1. The van der Waals surface area contributed by atoms with E-state index < -0.39 is 12.2 Å². The molecule has 4 fully saturated rings. The zero-order valence-corrected chi connectivity index (χ0v) is 18.3. The van der Waals surface area contributed by atoms with Gasteiger partial charge in [0.25, 0.3) is 5.91 Å². The molecule has 2 saturated heterocycles. The minimum Gasteiger partial charge on any atom is -0.390 e. The van der Waals surface area contributed by atoms with Crippen LogP contribution in [0.4, 0.5) is 5.95 Å². The van der Waals surface area contributed by atoms with Crippen LogP contribution in [0.25, 0.3) is 0 Å². The zero-order valence-electron chi connectivity index (χ0n) is 18.3. The van der Waals surface area contributed by atoms with Crippen LogP contribution in [0.5, 0.6) is 0 Å². The van der Waals surface area contributed by atoms with Crippen molar-refractivity contribution < 1.29 is 15.0 Å². The standard InChI is InChI=1S/C23H35N5O3/c29-20-10-16-14-28(15-17(16)11-21(20)30)22(31)18-12-24-23(25-13-18)27-8-6-26(7-9-27)19-4-2-1-3-5-19/h12-13,16-17,19-21,29-30H,1-11,14-15H2. The van der Waals surface area contributed by atoms with Gasteiger partial charge in [0.15, 0.2) is 0 Å². The lowest BCUT2D eigenvalue weighted by Gasteiger charge is -2.40. The van der Waals surface area contributed by atoms with Gasteiger partial charge < -0.3 is 20.0 Å². The van der Waals surface area contributed by atoms with Gasteiger partial charge in [0, 0.05) is 57.7 Å². The van der Waals surface area contributed by atoms with Gasteiger partial charge in [-0.05, 0) is 37.5 Å². The minimum atomic E-state index is -0.669. The van der Waals surface area contributed by atoms with Crippen molar-refractivity contribution in [2.45, 2.75) is 63.2 Å². The van der Waals surface area contributed by atoms with Crippen LogP contribution in [0.1, 0.15) is 55.3 Å². The molecule has 1 amide bonds. The van der Waals surface area contributed by atoms with Crippen LogP contribution >= 0.6 is 0 Å². The smallest absolute Gasteiger partial charge is 0.257 e. The molecule has 2 saturated carbocycles. The van der Waals surface area contributed by atoms with Gasteiger partial charge in [-0.15, -0.1) is 0 Å². The SMILES string of the molecule is O=C(c1cnc(N2CCN(C3CCCCC3)CC2)nc1)N1CC2CC(O)C(O)CC2C1. The molecule has 1 aromatic rings. The monoisotopic (exact) mass is 429 g/mol. The number of likely N-dealkylation sites (tertiary alicyclic amines) is 1. The number of rotatable bonds is 3. The molecule has 0 spiro atoms. The molecule has 170 valence electrons. The van der Waals surface area contributed by atoms with E-state index in [4.69, 9.17) is 0 Å². The Balaban J connectivity index is 1.16. The maximum Gasteiger partial charge on any atom is 0.257 e. The maximum absolute atomic E-state index is 13.0. The van der Waals surface area contributed by atoms with Gasteiger partial charge >= 0.3 is 0 Å². The number of piperazine rings is 1. The van der Waals surface area contributed by atoms with Crippen molar-refractivity contribution in [3.05, 3.63) is 18.0 Å². The normalized spacial score (nSPS) is 32.8. The Bertz CT molecular complexity index is 743. The van der Waals surface area contributed by atoms with Crippen molar-refractivity contribution >= 4 is 11.9 Å². The molecule has 1 aromatic heterocycles. The van der Waals surface area contributed by atoms with E-state index in [9.17, 15) is 15.0 Å². The lowest BCUT2D eigenvalue weighted by Crippen LogP contribution is -2.51. The number of hydrogen-bond donors (Lipinski definition) is 2. The van der Waals surface area contributed by atoms with Crippen LogP contribution in [-0.2, 0) is 0 Å². The largest absolute Gasteiger partial charge is 0.390 e. The van der Waals surface area contributed by atoms with Gasteiger partial charge in [-0.3, -0.25) is 9.69 Å². The van der Waals surface area contributed by atoms with E-state index in [1.165, 1.54) is 32.1 Å². The third-order valence-corrected chi connectivity index (χ3v) is 7.97. The van der Waals surface area contributed by atoms with Crippen LogP contribution in [-0.4, -0.2) is 93.4 Å². The van der Waals surface area contributed by atoms with E-state index in [0.717, 1.165) is 32.2 Å². The lowest BCUT2D eigenvalue weighted by molar-refractivity contribution is -0.0372. The summed E-state index contributed by atoms with van der Waals surface area (Å²) in [4.78, 5) is 28.7. The summed E-state index contributed by atoms with van der Waals surface area (Å²) in [6.45, 7) is 5.26. The average molecular weight is 430 g/mol. The molecular weight excluding hydrogens is 394 g/mol. The number of nitrogens with zero attached hydrogens (tertiary/aromatic N) is 5. The second-order valence-electron chi connectivity index (χ2n) is 9.92. The summed E-state index contributed by atoms with van der Waals surface area (Å²) in [7, 11) is 0. The topological polar surface area (TPSA) is 93.0 Å². The molecule has 8 heteroatoms. The van der Waals surface area contributed by atoms with E-state index in [2.05, 4.69) is 19.8 Å². The fourth-order valence-corrected chi connectivity index (χ4v) is 6.08.